The Balaban J connectivity index is 2.04. The van der Waals surface area contributed by atoms with Crippen LogP contribution in [0.1, 0.15) is 64.7 Å². The third-order valence-electron chi connectivity index (χ3n) is 3.24. The van der Waals surface area contributed by atoms with E-state index in [1.54, 1.807) is 0 Å². The third kappa shape index (κ3) is 4.15. The minimum atomic E-state index is -0.226. The normalized spacial score (nSPS) is 17.7. The first kappa shape index (κ1) is 12.4. The monoisotopic (exact) mass is 210 g/mol. The Bertz CT molecular complexity index is 205. The van der Waals surface area contributed by atoms with Gasteiger partial charge in [0.25, 0.3) is 0 Å². The average molecular weight is 210 g/mol. The topological polar surface area (TPSA) is 34.1 Å². The van der Waals surface area contributed by atoms with Crippen molar-refractivity contribution >= 4 is 11.6 Å². The van der Waals surface area contributed by atoms with Crippen molar-refractivity contribution in [2.24, 2.45) is 5.92 Å². The summed E-state index contributed by atoms with van der Waals surface area (Å²) in [5.41, 5.74) is 0. The van der Waals surface area contributed by atoms with Crippen LogP contribution in [0.5, 0.6) is 0 Å². The number of carbonyl (C=O) groups excluding carboxylic acids is 2. The molecule has 0 saturated heterocycles. The number of hydrogen-bond acceptors (Lipinski definition) is 2. The summed E-state index contributed by atoms with van der Waals surface area (Å²) in [7, 11) is 0. The van der Waals surface area contributed by atoms with Gasteiger partial charge in [0.2, 0.25) is 0 Å². The Labute approximate surface area is 92.4 Å². The predicted molar refractivity (Wildman–Crippen MR) is 60.7 cm³/mol. The first-order valence-corrected chi connectivity index (χ1v) is 6.31. The van der Waals surface area contributed by atoms with Gasteiger partial charge in [-0.2, -0.15) is 0 Å². The van der Waals surface area contributed by atoms with Crippen LogP contribution in [0.4, 0.5) is 0 Å². The maximum absolute atomic E-state index is 11.3. The van der Waals surface area contributed by atoms with Crippen LogP contribution >= 0.6 is 0 Å². The number of carbonyl (C=O) groups is 2. The highest BCUT2D eigenvalue weighted by Gasteiger charge is 2.31. The first-order chi connectivity index (χ1) is 7.25. The van der Waals surface area contributed by atoms with Gasteiger partial charge in [0.15, 0.2) is 0 Å². The van der Waals surface area contributed by atoms with Crippen molar-refractivity contribution in [3.63, 3.8) is 0 Å². The van der Waals surface area contributed by atoms with Gasteiger partial charge in [-0.25, -0.2) is 0 Å². The number of hydrogen-bond donors (Lipinski definition) is 0. The largest absolute Gasteiger partial charge is 0.299 e. The van der Waals surface area contributed by atoms with Crippen LogP contribution in [0.25, 0.3) is 0 Å². The van der Waals surface area contributed by atoms with Gasteiger partial charge in [0.05, 0.1) is 5.92 Å². The highest BCUT2D eigenvalue weighted by atomic mass is 16.2. The van der Waals surface area contributed by atoms with Crippen LogP contribution in [-0.4, -0.2) is 11.6 Å². The molecule has 0 heterocycles. The lowest BCUT2D eigenvalue weighted by atomic mass is 9.97. The highest BCUT2D eigenvalue weighted by Crippen LogP contribution is 2.23. The minimum Gasteiger partial charge on any atom is -0.299 e. The molecule has 1 aliphatic rings. The van der Waals surface area contributed by atoms with Crippen LogP contribution in [0.2, 0.25) is 0 Å². The zero-order chi connectivity index (χ0) is 11.1. The molecule has 0 amide bonds. The second-order valence-corrected chi connectivity index (χ2v) is 4.54. The lowest BCUT2D eigenvalue weighted by molar-refractivity contribution is -0.127. The summed E-state index contributed by atoms with van der Waals surface area (Å²) in [4.78, 5) is 22.7. The van der Waals surface area contributed by atoms with Gasteiger partial charge < -0.3 is 0 Å². The van der Waals surface area contributed by atoms with Gasteiger partial charge in [-0.3, -0.25) is 9.59 Å². The van der Waals surface area contributed by atoms with Gasteiger partial charge >= 0.3 is 0 Å². The minimum absolute atomic E-state index is 0.188. The molecule has 0 aromatic heterocycles. The van der Waals surface area contributed by atoms with E-state index < -0.39 is 0 Å². The van der Waals surface area contributed by atoms with Crippen LogP contribution in [0.15, 0.2) is 0 Å². The summed E-state index contributed by atoms with van der Waals surface area (Å²) < 4.78 is 0. The summed E-state index contributed by atoms with van der Waals surface area (Å²) in [5, 5.41) is 0. The summed E-state index contributed by atoms with van der Waals surface area (Å²) >= 11 is 0. The van der Waals surface area contributed by atoms with E-state index in [1.165, 1.54) is 32.1 Å². The van der Waals surface area contributed by atoms with Crippen LogP contribution < -0.4 is 0 Å². The molecule has 15 heavy (non-hydrogen) atoms. The average Bonchev–Trinajstić information content (AvgIpc) is 2.54. The lowest BCUT2D eigenvalue weighted by Crippen LogP contribution is -2.13. The van der Waals surface area contributed by atoms with Crippen LogP contribution in [0, 0.1) is 5.92 Å². The molecule has 86 valence electrons. The second-order valence-electron chi connectivity index (χ2n) is 4.54. The number of ketones is 2. The van der Waals surface area contributed by atoms with E-state index in [2.05, 4.69) is 6.92 Å². The fourth-order valence-electron chi connectivity index (χ4n) is 2.23. The molecule has 1 aliphatic carbocycles. The highest BCUT2D eigenvalue weighted by molar-refractivity contribution is 6.08. The maximum Gasteiger partial charge on any atom is 0.143 e. The number of rotatable bonds is 7. The number of Topliss-reactive ketones (excluding diaryl/α,β-unsaturated/α-hetero) is 2. The Morgan fingerprint density at radius 2 is 1.47 bits per heavy atom. The quantitative estimate of drug-likeness (QED) is 0.477. The van der Waals surface area contributed by atoms with Crippen molar-refractivity contribution < 1.29 is 9.59 Å². The summed E-state index contributed by atoms with van der Waals surface area (Å²) in [5.74, 6) is 0.151. The van der Waals surface area contributed by atoms with Crippen molar-refractivity contribution in [1.29, 1.82) is 0 Å². The molecule has 0 aromatic rings. The summed E-state index contributed by atoms with van der Waals surface area (Å²) in [6, 6.07) is 0. The van der Waals surface area contributed by atoms with E-state index in [4.69, 9.17) is 0 Å². The van der Waals surface area contributed by atoms with Gasteiger partial charge in [-0.1, -0.05) is 45.4 Å². The molecule has 1 saturated carbocycles. The van der Waals surface area contributed by atoms with Crippen LogP contribution in [0.3, 0.4) is 0 Å². The molecule has 0 unspecified atom stereocenters. The molecule has 1 rings (SSSR count). The number of unbranched alkanes of at least 4 members (excludes halogenated alkanes) is 5. The Morgan fingerprint density at radius 3 is 2.07 bits per heavy atom. The SMILES string of the molecule is CCCCCCCCC1C(=O)CCC1=O. The zero-order valence-electron chi connectivity index (χ0n) is 9.76. The molecule has 0 N–H and O–H groups in total. The van der Waals surface area contributed by atoms with E-state index >= 15 is 0 Å². The maximum atomic E-state index is 11.3. The smallest absolute Gasteiger partial charge is 0.143 e. The van der Waals surface area contributed by atoms with E-state index in [9.17, 15) is 9.59 Å². The van der Waals surface area contributed by atoms with Gasteiger partial charge in [-0.05, 0) is 6.42 Å². The molecular weight excluding hydrogens is 188 g/mol. The Kier molecular flexibility index (Phi) is 5.59. The molecule has 0 bridgehead atoms. The van der Waals surface area contributed by atoms with Crippen molar-refractivity contribution in [3.05, 3.63) is 0 Å². The van der Waals surface area contributed by atoms with E-state index in [0.717, 1.165) is 12.8 Å². The van der Waals surface area contributed by atoms with E-state index in [1.807, 2.05) is 0 Å². The van der Waals surface area contributed by atoms with Crippen molar-refractivity contribution in [2.45, 2.75) is 64.7 Å². The first-order valence-electron chi connectivity index (χ1n) is 6.31. The van der Waals surface area contributed by atoms with Crippen molar-refractivity contribution in [3.8, 4) is 0 Å². The fourth-order valence-corrected chi connectivity index (χ4v) is 2.23. The molecule has 1 fully saturated rings. The molecule has 2 nitrogen and oxygen atoms in total. The molecule has 0 aromatic carbocycles. The van der Waals surface area contributed by atoms with Gasteiger partial charge in [-0.15, -0.1) is 0 Å². The zero-order valence-corrected chi connectivity index (χ0v) is 9.76. The van der Waals surface area contributed by atoms with E-state index in [0.29, 0.717) is 12.8 Å². The molecular formula is C13H22O2. The molecule has 0 aliphatic heterocycles. The van der Waals surface area contributed by atoms with E-state index in [-0.39, 0.29) is 17.5 Å². The second kappa shape index (κ2) is 6.76. The predicted octanol–water partition coefficient (Wildman–Crippen LogP) is 3.29. The lowest BCUT2D eigenvalue weighted by Gasteiger charge is -2.05. The Hall–Kier alpha value is -0.660. The van der Waals surface area contributed by atoms with Crippen LogP contribution in [-0.2, 0) is 9.59 Å². The fraction of sp³-hybridized carbons (Fsp3) is 0.846. The Morgan fingerprint density at radius 1 is 0.933 bits per heavy atom. The van der Waals surface area contributed by atoms with Crippen molar-refractivity contribution in [2.75, 3.05) is 0 Å². The molecule has 0 spiro atoms. The third-order valence-corrected chi connectivity index (χ3v) is 3.24. The standard InChI is InChI=1S/C13H22O2/c1-2-3-4-5-6-7-8-11-12(14)9-10-13(11)15/h11H,2-10H2,1H3. The molecule has 2 heteroatoms. The van der Waals surface area contributed by atoms with Gasteiger partial charge in [0.1, 0.15) is 11.6 Å². The summed E-state index contributed by atoms with van der Waals surface area (Å²) in [6.07, 6.45) is 9.15. The van der Waals surface area contributed by atoms with Gasteiger partial charge in [0, 0.05) is 12.8 Å². The summed E-state index contributed by atoms with van der Waals surface area (Å²) in [6.45, 7) is 2.20. The molecule has 0 radical (unpaired) electrons. The van der Waals surface area contributed by atoms with Crippen molar-refractivity contribution in [1.82, 2.24) is 0 Å². The molecule has 0 atom stereocenters.